The predicted octanol–water partition coefficient (Wildman–Crippen LogP) is 2.01. The van der Waals surface area contributed by atoms with Crippen molar-refractivity contribution in [3.63, 3.8) is 0 Å². The van der Waals surface area contributed by atoms with Gasteiger partial charge in [0.15, 0.2) is 0 Å². The Kier molecular flexibility index (Phi) is 4.71. The zero-order chi connectivity index (χ0) is 13.7. The van der Waals surface area contributed by atoms with Gasteiger partial charge >= 0.3 is 5.97 Å². The number of benzene rings is 1. The minimum atomic E-state index is -0.924. The zero-order valence-electron chi connectivity index (χ0n) is 11.1. The SMILES string of the molecule is CC1CN(Cc2cccc(C=CC(=O)O)c2)CCO1. The van der Waals surface area contributed by atoms with E-state index in [9.17, 15) is 4.79 Å². The highest BCUT2D eigenvalue weighted by atomic mass is 16.5. The Bertz CT molecular complexity index is 470. The Morgan fingerprint density at radius 2 is 2.42 bits per heavy atom. The number of rotatable bonds is 4. The average molecular weight is 261 g/mol. The summed E-state index contributed by atoms with van der Waals surface area (Å²) in [5.41, 5.74) is 2.11. The van der Waals surface area contributed by atoms with Gasteiger partial charge < -0.3 is 9.84 Å². The van der Waals surface area contributed by atoms with Crippen LogP contribution in [0.25, 0.3) is 6.08 Å². The molecule has 0 aromatic heterocycles. The van der Waals surface area contributed by atoms with Gasteiger partial charge in [0.25, 0.3) is 0 Å². The van der Waals surface area contributed by atoms with Crippen molar-refractivity contribution in [1.82, 2.24) is 4.90 Å². The molecule has 0 radical (unpaired) electrons. The van der Waals surface area contributed by atoms with Gasteiger partial charge in [0.05, 0.1) is 12.7 Å². The summed E-state index contributed by atoms with van der Waals surface area (Å²) in [6, 6.07) is 7.96. The summed E-state index contributed by atoms with van der Waals surface area (Å²) in [7, 11) is 0. The third kappa shape index (κ3) is 4.50. The number of aliphatic carboxylic acids is 1. The smallest absolute Gasteiger partial charge is 0.328 e. The summed E-state index contributed by atoms with van der Waals surface area (Å²) in [5.74, 6) is -0.924. The fourth-order valence-electron chi connectivity index (χ4n) is 2.26. The van der Waals surface area contributed by atoms with Gasteiger partial charge in [-0.25, -0.2) is 4.79 Å². The van der Waals surface area contributed by atoms with Crippen LogP contribution in [-0.4, -0.2) is 41.8 Å². The van der Waals surface area contributed by atoms with Crippen LogP contribution in [-0.2, 0) is 16.1 Å². The van der Waals surface area contributed by atoms with E-state index in [1.165, 1.54) is 5.56 Å². The average Bonchev–Trinajstić information content (AvgIpc) is 2.37. The normalized spacial score (nSPS) is 20.8. The van der Waals surface area contributed by atoms with Crippen molar-refractivity contribution in [2.45, 2.75) is 19.6 Å². The van der Waals surface area contributed by atoms with E-state index in [4.69, 9.17) is 9.84 Å². The van der Waals surface area contributed by atoms with E-state index >= 15 is 0 Å². The summed E-state index contributed by atoms with van der Waals surface area (Å²) in [5, 5.41) is 8.63. The molecule has 4 nitrogen and oxygen atoms in total. The molecule has 1 atom stereocenters. The molecule has 1 aliphatic heterocycles. The third-order valence-corrected chi connectivity index (χ3v) is 3.10. The van der Waals surface area contributed by atoms with Crippen molar-refractivity contribution in [2.24, 2.45) is 0 Å². The molecule has 2 rings (SSSR count). The molecule has 0 bridgehead atoms. The van der Waals surface area contributed by atoms with Crippen molar-refractivity contribution in [2.75, 3.05) is 19.7 Å². The maximum atomic E-state index is 10.5. The van der Waals surface area contributed by atoms with E-state index in [0.29, 0.717) is 0 Å². The summed E-state index contributed by atoms with van der Waals surface area (Å²) >= 11 is 0. The lowest BCUT2D eigenvalue weighted by atomic mass is 10.1. The highest BCUT2D eigenvalue weighted by Crippen LogP contribution is 2.12. The van der Waals surface area contributed by atoms with Crippen LogP contribution in [0.5, 0.6) is 0 Å². The molecule has 1 aromatic rings. The quantitative estimate of drug-likeness (QED) is 0.842. The van der Waals surface area contributed by atoms with Crippen LogP contribution in [0, 0.1) is 0 Å². The molecule has 4 heteroatoms. The highest BCUT2D eigenvalue weighted by molar-refractivity contribution is 5.85. The summed E-state index contributed by atoms with van der Waals surface area (Å²) in [6.07, 6.45) is 3.06. The molecule has 0 amide bonds. The molecule has 0 saturated carbocycles. The summed E-state index contributed by atoms with van der Waals surface area (Å²) in [4.78, 5) is 12.9. The van der Waals surface area contributed by atoms with Crippen LogP contribution in [0.15, 0.2) is 30.3 Å². The van der Waals surface area contributed by atoms with Gasteiger partial charge in [0.1, 0.15) is 0 Å². The Hall–Kier alpha value is -1.65. The summed E-state index contributed by atoms with van der Waals surface area (Å²) < 4.78 is 5.52. The fourth-order valence-corrected chi connectivity index (χ4v) is 2.26. The second kappa shape index (κ2) is 6.50. The molecule has 1 fully saturated rings. The largest absolute Gasteiger partial charge is 0.478 e. The molecule has 1 aromatic carbocycles. The van der Waals surface area contributed by atoms with E-state index in [-0.39, 0.29) is 6.10 Å². The molecule has 1 N–H and O–H groups in total. The standard InChI is InChI=1S/C15H19NO3/c1-12-10-16(7-8-19-12)11-14-4-2-3-13(9-14)5-6-15(17)18/h2-6,9,12H,7-8,10-11H2,1H3,(H,17,18). The first-order valence-electron chi connectivity index (χ1n) is 6.47. The molecule has 1 heterocycles. The summed E-state index contributed by atoms with van der Waals surface area (Å²) in [6.45, 7) is 5.62. The Morgan fingerprint density at radius 1 is 1.58 bits per heavy atom. The Morgan fingerprint density at radius 3 is 3.16 bits per heavy atom. The van der Waals surface area contributed by atoms with Gasteiger partial charge in [0, 0.05) is 25.7 Å². The maximum absolute atomic E-state index is 10.5. The van der Waals surface area contributed by atoms with Crippen molar-refractivity contribution in [3.05, 3.63) is 41.5 Å². The zero-order valence-corrected chi connectivity index (χ0v) is 11.1. The van der Waals surface area contributed by atoms with E-state index < -0.39 is 5.97 Å². The molecule has 0 aliphatic carbocycles. The lowest BCUT2D eigenvalue weighted by Gasteiger charge is -2.31. The monoisotopic (exact) mass is 261 g/mol. The molecule has 19 heavy (non-hydrogen) atoms. The predicted molar refractivity (Wildman–Crippen MR) is 73.8 cm³/mol. The number of hydrogen-bond donors (Lipinski definition) is 1. The third-order valence-electron chi connectivity index (χ3n) is 3.10. The number of hydrogen-bond acceptors (Lipinski definition) is 3. The van der Waals surface area contributed by atoms with Gasteiger partial charge in [-0.2, -0.15) is 0 Å². The lowest BCUT2D eigenvalue weighted by Crippen LogP contribution is -2.40. The fraction of sp³-hybridized carbons (Fsp3) is 0.400. The van der Waals surface area contributed by atoms with Crippen molar-refractivity contribution < 1.29 is 14.6 Å². The van der Waals surface area contributed by atoms with Gasteiger partial charge in [-0.05, 0) is 24.1 Å². The van der Waals surface area contributed by atoms with E-state index in [2.05, 4.69) is 17.9 Å². The highest BCUT2D eigenvalue weighted by Gasteiger charge is 2.16. The second-order valence-electron chi connectivity index (χ2n) is 4.83. The Balaban J connectivity index is 2.00. The number of carboxylic acid groups (broad SMARTS) is 1. The topological polar surface area (TPSA) is 49.8 Å². The second-order valence-corrected chi connectivity index (χ2v) is 4.83. The number of carbonyl (C=O) groups is 1. The minimum Gasteiger partial charge on any atom is -0.478 e. The van der Waals surface area contributed by atoms with E-state index in [0.717, 1.165) is 37.9 Å². The molecule has 1 unspecified atom stereocenters. The minimum absolute atomic E-state index is 0.281. The van der Waals surface area contributed by atoms with Crippen LogP contribution >= 0.6 is 0 Å². The number of ether oxygens (including phenoxy) is 1. The maximum Gasteiger partial charge on any atom is 0.328 e. The van der Waals surface area contributed by atoms with Gasteiger partial charge in [0.2, 0.25) is 0 Å². The molecule has 1 saturated heterocycles. The Labute approximate surface area is 113 Å². The molecular formula is C15H19NO3. The lowest BCUT2D eigenvalue weighted by molar-refractivity contribution is -0.131. The van der Waals surface area contributed by atoms with Crippen LogP contribution in [0.3, 0.4) is 0 Å². The van der Waals surface area contributed by atoms with Crippen molar-refractivity contribution in [3.8, 4) is 0 Å². The van der Waals surface area contributed by atoms with Gasteiger partial charge in [-0.15, -0.1) is 0 Å². The number of morpholine rings is 1. The number of carboxylic acids is 1. The number of nitrogens with zero attached hydrogens (tertiary/aromatic N) is 1. The van der Waals surface area contributed by atoms with Crippen molar-refractivity contribution >= 4 is 12.0 Å². The first kappa shape index (κ1) is 13.8. The van der Waals surface area contributed by atoms with Crippen LogP contribution in [0.4, 0.5) is 0 Å². The molecule has 102 valence electrons. The molecule has 1 aliphatic rings. The van der Waals surface area contributed by atoms with Crippen LogP contribution < -0.4 is 0 Å². The molecule has 0 spiro atoms. The van der Waals surface area contributed by atoms with E-state index in [1.54, 1.807) is 6.08 Å². The van der Waals surface area contributed by atoms with Crippen LogP contribution in [0.1, 0.15) is 18.1 Å². The first-order valence-corrected chi connectivity index (χ1v) is 6.47. The van der Waals surface area contributed by atoms with E-state index in [1.807, 2.05) is 18.2 Å². The van der Waals surface area contributed by atoms with Gasteiger partial charge in [-0.1, -0.05) is 24.3 Å². The van der Waals surface area contributed by atoms with Crippen molar-refractivity contribution in [1.29, 1.82) is 0 Å². The molecular weight excluding hydrogens is 242 g/mol. The first-order chi connectivity index (χ1) is 9.13. The van der Waals surface area contributed by atoms with Crippen LogP contribution in [0.2, 0.25) is 0 Å². The van der Waals surface area contributed by atoms with Gasteiger partial charge in [-0.3, -0.25) is 4.90 Å².